The highest BCUT2D eigenvalue weighted by Gasteiger charge is 2.38. The number of amides is 2. The summed E-state index contributed by atoms with van der Waals surface area (Å²) >= 11 is 0. The van der Waals surface area contributed by atoms with Crippen molar-refractivity contribution < 1.29 is 36.3 Å². The van der Waals surface area contributed by atoms with E-state index >= 15 is 0 Å². The molecule has 2 aromatic carbocycles. The number of hydrogen-bond acceptors (Lipinski definition) is 4. The Kier molecular flexibility index (Phi) is 6.56. The van der Waals surface area contributed by atoms with Gasteiger partial charge in [0.25, 0.3) is 0 Å². The number of urea groups is 1. The largest absolute Gasteiger partial charge is 0.416 e. The zero-order valence-electron chi connectivity index (χ0n) is 17.3. The van der Waals surface area contributed by atoms with Crippen LogP contribution in [0.25, 0.3) is 0 Å². The van der Waals surface area contributed by atoms with Crippen molar-refractivity contribution >= 4 is 17.7 Å². The molecule has 3 rings (SSSR count). The van der Waals surface area contributed by atoms with Crippen LogP contribution in [0.5, 0.6) is 0 Å². The van der Waals surface area contributed by atoms with Crippen LogP contribution in [0.3, 0.4) is 0 Å². The average Bonchev–Trinajstić information content (AvgIpc) is 2.69. The van der Waals surface area contributed by atoms with Crippen molar-refractivity contribution in [2.45, 2.75) is 38.8 Å². The fourth-order valence-electron chi connectivity index (χ4n) is 3.06. The molecular weight excluding hydrogens is 456 g/mol. The van der Waals surface area contributed by atoms with Crippen LogP contribution < -0.4 is 5.32 Å². The number of carbonyl (C=O) groups is 1. The number of rotatable bonds is 4. The number of aliphatic imine (C=N–C) groups is 1. The SMILES string of the molecule is CC(C)N1C(=O)NC(=Nc2cccc(C(F)(F)F)c2)N(Cc2cccc(C(F)(F)F)c2)N1O. The zero-order chi connectivity index (χ0) is 24.6. The van der Waals surface area contributed by atoms with Gasteiger partial charge in [-0.3, -0.25) is 10.5 Å². The Bertz CT molecular complexity index is 1050. The third-order valence-electron chi connectivity index (χ3n) is 4.56. The van der Waals surface area contributed by atoms with Gasteiger partial charge in [-0.1, -0.05) is 18.2 Å². The lowest BCUT2D eigenvalue weighted by Gasteiger charge is -2.44. The van der Waals surface area contributed by atoms with Crippen LogP contribution in [0.15, 0.2) is 53.5 Å². The van der Waals surface area contributed by atoms with Gasteiger partial charge in [0.15, 0.2) is 0 Å². The maximum atomic E-state index is 13.1. The molecule has 2 N–H and O–H groups in total. The first-order valence-electron chi connectivity index (χ1n) is 9.56. The molecule has 0 spiro atoms. The Labute approximate surface area is 184 Å². The van der Waals surface area contributed by atoms with E-state index in [1.807, 2.05) is 0 Å². The lowest BCUT2D eigenvalue weighted by Crippen LogP contribution is -2.68. The Hall–Kier alpha value is -3.32. The van der Waals surface area contributed by atoms with E-state index in [0.717, 1.165) is 40.3 Å². The van der Waals surface area contributed by atoms with Crippen LogP contribution in [-0.4, -0.2) is 38.5 Å². The molecule has 0 atom stereocenters. The highest BCUT2D eigenvalue weighted by molar-refractivity contribution is 5.98. The van der Waals surface area contributed by atoms with Gasteiger partial charge >= 0.3 is 18.4 Å². The van der Waals surface area contributed by atoms with Gasteiger partial charge in [-0.2, -0.15) is 26.3 Å². The molecule has 7 nitrogen and oxygen atoms in total. The van der Waals surface area contributed by atoms with Gasteiger partial charge in [0.05, 0.1) is 23.4 Å². The highest BCUT2D eigenvalue weighted by atomic mass is 19.4. The second kappa shape index (κ2) is 8.90. The fraction of sp³-hybridized carbons (Fsp3) is 0.300. The molecule has 0 bridgehead atoms. The van der Waals surface area contributed by atoms with Gasteiger partial charge < -0.3 is 0 Å². The molecule has 1 aliphatic rings. The topological polar surface area (TPSA) is 71.4 Å². The third kappa shape index (κ3) is 5.54. The second-order valence-electron chi connectivity index (χ2n) is 7.38. The molecule has 13 heteroatoms. The van der Waals surface area contributed by atoms with Crippen LogP contribution in [-0.2, 0) is 18.9 Å². The summed E-state index contributed by atoms with van der Waals surface area (Å²) in [6.07, 6.45) is -9.24. The maximum absolute atomic E-state index is 13.1. The Morgan fingerprint density at radius 2 is 1.55 bits per heavy atom. The molecule has 1 saturated heterocycles. The summed E-state index contributed by atoms with van der Waals surface area (Å²) in [5.74, 6) is -0.379. The molecule has 1 heterocycles. The van der Waals surface area contributed by atoms with Crippen LogP contribution in [0.4, 0.5) is 36.8 Å². The summed E-state index contributed by atoms with van der Waals surface area (Å²) in [6.45, 7) is 2.75. The minimum Gasteiger partial charge on any atom is -0.276 e. The Morgan fingerprint density at radius 3 is 2.12 bits per heavy atom. The lowest BCUT2D eigenvalue weighted by molar-refractivity contribution is -0.335. The quantitative estimate of drug-likeness (QED) is 0.599. The molecule has 1 aliphatic heterocycles. The number of nitrogens with one attached hydrogen (secondary N) is 1. The van der Waals surface area contributed by atoms with Crippen LogP contribution >= 0.6 is 0 Å². The molecule has 0 aromatic heterocycles. The minimum absolute atomic E-state index is 0.0977. The first-order chi connectivity index (χ1) is 15.3. The summed E-state index contributed by atoms with van der Waals surface area (Å²) in [6, 6.07) is 6.78. The van der Waals surface area contributed by atoms with E-state index < -0.39 is 35.6 Å². The molecule has 0 radical (unpaired) electrons. The van der Waals surface area contributed by atoms with Crippen molar-refractivity contribution in [3.8, 4) is 0 Å². The van der Waals surface area contributed by atoms with Crippen molar-refractivity contribution in [3.63, 3.8) is 0 Å². The lowest BCUT2D eigenvalue weighted by atomic mass is 10.1. The second-order valence-corrected chi connectivity index (χ2v) is 7.38. The number of nitrogens with zero attached hydrogens (tertiary/aromatic N) is 4. The van der Waals surface area contributed by atoms with Gasteiger partial charge in [-0.05, 0) is 49.7 Å². The monoisotopic (exact) mass is 475 g/mol. The minimum atomic E-state index is -4.64. The molecule has 0 aliphatic carbocycles. The van der Waals surface area contributed by atoms with Crippen molar-refractivity contribution in [3.05, 3.63) is 65.2 Å². The number of carbonyl (C=O) groups excluding carboxylic acids is 1. The predicted molar refractivity (Wildman–Crippen MR) is 105 cm³/mol. The standard InChI is InChI=1S/C20H19F6N5O2/c1-12(2)30-18(32)28-17(27-16-8-4-7-15(10-16)20(24,25)26)29(31(30)33)11-13-5-3-6-14(9-13)19(21,22)23/h3-10,12,33H,11H2,1-2H3,(H,27,28,32). The van der Waals surface area contributed by atoms with Gasteiger partial charge in [-0.15, -0.1) is 0 Å². The number of hydrogen-bond donors (Lipinski definition) is 2. The molecule has 2 amide bonds. The summed E-state index contributed by atoms with van der Waals surface area (Å²) in [4.78, 5) is 16.4. The first-order valence-corrected chi connectivity index (χ1v) is 9.56. The number of alkyl halides is 6. The van der Waals surface area contributed by atoms with Crippen LogP contribution in [0.2, 0.25) is 0 Å². The molecule has 0 unspecified atom stereocenters. The number of halogens is 6. The van der Waals surface area contributed by atoms with Crippen LogP contribution in [0, 0.1) is 0 Å². The molecule has 2 aromatic rings. The maximum Gasteiger partial charge on any atom is 0.416 e. The van der Waals surface area contributed by atoms with E-state index in [-0.39, 0.29) is 23.8 Å². The van der Waals surface area contributed by atoms with Crippen LogP contribution in [0.1, 0.15) is 30.5 Å². The van der Waals surface area contributed by atoms with Crippen molar-refractivity contribution in [1.29, 1.82) is 0 Å². The van der Waals surface area contributed by atoms with E-state index in [4.69, 9.17) is 0 Å². The third-order valence-corrected chi connectivity index (χ3v) is 4.56. The van der Waals surface area contributed by atoms with Gasteiger partial charge in [0.2, 0.25) is 5.96 Å². The van der Waals surface area contributed by atoms with Crippen molar-refractivity contribution in [2.75, 3.05) is 0 Å². The molecule has 1 fully saturated rings. The van der Waals surface area contributed by atoms with Crippen molar-refractivity contribution in [1.82, 2.24) is 20.6 Å². The highest BCUT2D eigenvalue weighted by Crippen LogP contribution is 2.32. The van der Waals surface area contributed by atoms with Gasteiger partial charge in [0, 0.05) is 11.3 Å². The summed E-state index contributed by atoms with van der Waals surface area (Å²) in [5, 5.41) is 15.2. The number of benzene rings is 2. The Balaban J connectivity index is 2.02. The first kappa shape index (κ1) is 24.3. The molecule has 0 saturated carbocycles. The van der Waals surface area contributed by atoms with Gasteiger partial charge in [-0.25, -0.2) is 19.8 Å². The molecular formula is C20H19F6N5O2. The van der Waals surface area contributed by atoms with E-state index in [0.29, 0.717) is 5.28 Å². The summed E-state index contributed by atoms with van der Waals surface area (Å²) < 4.78 is 78.4. The van der Waals surface area contributed by atoms with E-state index in [1.54, 1.807) is 13.8 Å². The number of guanidine groups is 1. The zero-order valence-corrected chi connectivity index (χ0v) is 17.3. The average molecular weight is 475 g/mol. The normalized spacial score (nSPS) is 17.2. The summed E-state index contributed by atoms with van der Waals surface area (Å²) in [7, 11) is 0. The van der Waals surface area contributed by atoms with Gasteiger partial charge in [0.1, 0.15) is 0 Å². The molecule has 33 heavy (non-hydrogen) atoms. The smallest absolute Gasteiger partial charge is 0.276 e. The molecule has 178 valence electrons. The van der Waals surface area contributed by atoms with E-state index in [1.165, 1.54) is 18.2 Å². The number of hydrazine groups is 2. The predicted octanol–water partition coefficient (Wildman–Crippen LogP) is 5.17. The fourth-order valence-corrected chi connectivity index (χ4v) is 3.06. The summed E-state index contributed by atoms with van der Waals surface area (Å²) in [5.41, 5.74) is -2.01. The van der Waals surface area contributed by atoms with E-state index in [2.05, 4.69) is 10.3 Å². The Morgan fingerprint density at radius 1 is 0.970 bits per heavy atom. The van der Waals surface area contributed by atoms with Crippen molar-refractivity contribution in [2.24, 2.45) is 4.99 Å². The van der Waals surface area contributed by atoms with E-state index in [9.17, 15) is 36.3 Å².